The smallest absolute Gasteiger partial charge is 0.337 e. The summed E-state index contributed by atoms with van der Waals surface area (Å²) in [4.78, 5) is 11.7. The van der Waals surface area contributed by atoms with Crippen LogP contribution >= 0.6 is 0 Å². The summed E-state index contributed by atoms with van der Waals surface area (Å²) < 4.78 is 2.16. The second-order valence-electron chi connectivity index (χ2n) is 7.97. The molecule has 3 rings (SSSR count). The van der Waals surface area contributed by atoms with E-state index < -0.39 is 5.97 Å². The molecule has 1 aliphatic rings. The third-order valence-corrected chi connectivity index (χ3v) is 5.48. The SMILES string of the molecule is CC(C)(C)C1CCc2c(c3cccc(C(=O)O)c3n2CCCO)C1. The van der Waals surface area contributed by atoms with Gasteiger partial charge in [0.1, 0.15) is 0 Å². The van der Waals surface area contributed by atoms with Gasteiger partial charge in [-0.3, -0.25) is 0 Å². The fourth-order valence-electron chi connectivity index (χ4n) is 4.09. The zero-order valence-corrected chi connectivity index (χ0v) is 14.8. The number of fused-ring (bicyclic) bond motifs is 3. The third kappa shape index (κ3) is 2.84. The molecule has 0 fully saturated rings. The van der Waals surface area contributed by atoms with Gasteiger partial charge in [-0.1, -0.05) is 32.9 Å². The molecule has 4 heteroatoms. The Hall–Kier alpha value is -1.81. The van der Waals surface area contributed by atoms with Crippen molar-refractivity contribution in [3.8, 4) is 0 Å². The number of carboxylic acid groups (broad SMARTS) is 1. The lowest BCUT2D eigenvalue weighted by atomic mass is 9.71. The third-order valence-electron chi connectivity index (χ3n) is 5.48. The molecule has 24 heavy (non-hydrogen) atoms. The van der Waals surface area contributed by atoms with Crippen LogP contribution in [0.4, 0.5) is 0 Å². The molecule has 0 amide bonds. The average molecular weight is 329 g/mol. The lowest BCUT2D eigenvalue weighted by Gasteiger charge is -2.34. The first-order valence-corrected chi connectivity index (χ1v) is 8.81. The zero-order valence-electron chi connectivity index (χ0n) is 14.8. The molecule has 1 aromatic carbocycles. The highest BCUT2D eigenvalue weighted by atomic mass is 16.4. The first-order valence-electron chi connectivity index (χ1n) is 8.81. The van der Waals surface area contributed by atoms with Gasteiger partial charge in [-0.25, -0.2) is 4.79 Å². The van der Waals surface area contributed by atoms with Gasteiger partial charge in [0.2, 0.25) is 0 Å². The van der Waals surface area contributed by atoms with E-state index in [1.807, 2.05) is 6.07 Å². The van der Waals surface area contributed by atoms with Crippen molar-refractivity contribution in [3.05, 3.63) is 35.0 Å². The van der Waals surface area contributed by atoms with Crippen LogP contribution in [0.2, 0.25) is 0 Å². The number of aliphatic hydroxyl groups is 1. The topological polar surface area (TPSA) is 62.5 Å². The Balaban J connectivity index is 2.20. The predicted octanol–water partition coefficient (Wildman–Crippen LogP) is 3.87. The summed E-state index contributed by atoms with van der Waals surface area (Å²) in [5.41, 5.74) is 4.04. The van der Waals surface area contributed by atoms with Gasteiger partial charge in [-0.15, -0.1) is 0 Å². The first kappa shape index (κ1) is 17.0. The highest BCUT2D eigenvalue weighted by Gasteiger charge is 2.32. The summed E-state index contributed by atoms with van der Waals surface area (Å²) in [6.45, 7) is 7.66. The maximum absolute atomic E-state index is 11.7. The summed E-state index contributed by atoms with van der Waals surface area (Å²) in [6, 6.07) is 5.59. The Kier molecular flexibility index (Phi) is 4.43. The summed E-state index contributed by atoms with van der Waals surface area (Å²) in [5.74, 6) is -0.275. The highest BCUT2D eigenvalue weighted by molar-refractivity contribution is 6.04. The molecule has 1 unspecified atom stereocenters. The van der Waals surface area contributed by atoms with Crippen molar-refractivity contribution in [1.29, 1.82) is 0 Å². The number of aryl methyl sites for hydroxylation is 1. The molecule has 0 spiro atoms. The van der Waals surface area contributed by atoms with Gasteiger partial charge in [0.15, 0.2) is 0 Å². The van der Waals surface area contributed by atoms with Crippen molar-refractivity contribution >= 4 is 16.9 Å². The van der Waals surface area contributed by atoms with E-state index in [-0.39, 0.29) is 12.0 Å². The molecular formula is C20H27NO3. The van der Waals surface area contributed by atoms with Gasteiger partial charge in [0.25, 0.3) is 0 Å². The number of carboxylic acids is 1. The lowest BCUT2D eigenvalue weighted by molar-refractivity contribution is 0.0698. The summed E-state index contributed by atoms with van der Waals surface area (Å²) in [7, 11) is 0. The number of aromatic carboxylic acids is 1. The number of rotatable bonds is 4. The van der Waals surface area contributed by atoms with Crippen LogP contribution in [0, 0.1) is 11.3 Å². The van der Waals surface area contributed by atoms with E-state index in [0.29, 0.717) is 24.4 Å². The second-order valence-corrected chi connectivity index (χ2v) is 7.97. The van der Waals surface area contributed by atoms with Crippen molar-refractivity contribution < 1.29 is 15.0 Å². The van der Waals surface area contributed by atoms with E-state index in [1.165, 1.54) is 11.3 Å². The van der Waals surface area contributed by atoms with Crippen molar-refractivity contribution in [2.45, 2.75) is 53.0 Å². The number of aromatic nitrogens is 1. The van der Waals surface area contributed by atoms with E-state index in [1.54, 1.807) is 6.07 Å². The number of nitrogens with zero attached hydrogens (tertiary/aromatic N) is 1. The molecule has 0 saturated heterocycles. The van der Waals surface area contributed by atoms with Crippen molar-refractivity contribution in [2.75, 3.05) is 6.61 Å². The van der Waals surface area contributed by atoms with Gasteiger partial charge in [-0.05, 0) is 48.6 Å². The van der Waals surface area contributed by atoms with E-state index >= 15 is 0 Å². The Morgan fingerprint density at radius 1 is 1.33 bits per heavy atom. The number of para-hydroxylation sites is 1. The first-order chi connectivity index (χ1) is 11.3. The minimum absolute atomic E-state index is 0.119. The maximum Gasteiger partial charge on any atom is 0.337 e. The number of carbonyl (C=O) groups is 1. The van der Waals surface area contributed by atoms with Crippen molar-refractivity contribution in [1.82, 2.24) is 4.57 Å². The summed E-state index contributed by atoms with van der Waals surface area (Å²) in [6.07, 6.45) is 3.77. The largest absolute Gasteiger partial charge is 0.478 e. The number of aliphatic hydroxyl groups excluding tert-OH is 1. The van der Waals surface area contributed by atoms with Crippen molar-refractivity contribution in [3.63, 3.8) is 0 Å². The maximum atomic E-state index is 11.7. The fourth-order valence-corrected chi connectivity index (χ4v) is 4.09. The van der Waals surface area contributed by atoms with Gasteiger partial charge in [0.05, 0.1) is 11.1 Å². The van der Waals surface area contributed by atoms with Crippen LogP contribution in [-0.4, -0.2) is 27.4 Å². The van der Waals surface area contributed by atoms with Gasteiger partial charge < -0.3 is 14.8 Å². The molecule has 1 atom stereocenters. The minimum atomic E-state index is -0.881. The minimum Gasteiger partial charge on any atom is -0.478 e. The molecule has 2 aromatic rings. The number of hydrogen-bond acceptors (Lipinski definition) is 2. The normalized spacial score (nSPS) is 17.9. The average Bonchev–Trinajstić information content (AvgIpc) is 2.85. The van der Waals surface area contributed by atoms with Gasteiger partial charge in [-0.2, -0.15) is 0 Å². The molecular weight excluding hydrogens is 302 g/mol. The summed E-state index contributed by atoms with van der Waals surface area (Å²) >= 11 is 0. The number of hydrogen-bond donors (Lipinski definition) is 2. The Bertz CT molecular complexity index is 767. The molecule has 0 radical (unpaired) electrons. The molecule has 0 aliphatic heterocycles. The Morgan fingerprint density at radius 3 is 2.71 bits per heavy atom. The second kappa shape index (κ2) is 6.25. The van der Waals surface area contributed by atoms with E-state index in [0.717, 1.165) is 30.2 Å². The van der Waals surface area contributed by atoms with Crippen LogP contribution < -0.4 is 0 Å². The molecule has 1 aliphatic carbocycles. The summed E-state index contributed by atoms with van der Waals surface area (Å²) in [5, 5.41) is 19.9. The van der Waals surface area contributed by atoms with Crippen LogP contribution in [0.3, 0.4) is 0 Å². The molecule has 1 heterocycles. The molecule has 0 bridgehead atoms. The van der Waals surface area contributed by atoms with Gasteiger partial charge >= 0.3 is 5.97 Å². The molecule has 0 saturated carbocycles. The molecule has 2 N–H and O–H groups in total. The quantitative estimate of drug-likeness (QED) is 0.895. The Labute approximate surface area is 143 Å². The van der Waals surface area contributed by atoms with Crippen LogP contribution in [0.25, 0.3) is 10.9 Å². The predicted molar refractivity (Wildman–Crippen MR) is 95.6 cm³/mol. The lowest BCUT2D eigenvalue weighted by Crippen LogP contribution is -2.27. The highest BCUT2D eigenvalue weighted by Crippen LogP contribution is 2.41. The zero-order chi connectivity index (χ0) is 17.5. The van der Waals surface area contributed by atoms with E-state index in [4.69, 9.17) is 0 Å². The Morgan fingerprint density at radius 2 is 2.08 bits per heavy atom. The molecule has 1 aromatic heterocycles. The van der Waals surface area contributed by atoms with Crippen LogP contribution in [0.1, 0.15) is 55.2 Å². The number of benzene rings is 1. The van der Waals surface area contributed by atoms with E-state index in [2.05, 4.69) is 31.4 Å². The van der Waals surface area contributed by atoms with E-state index in [9.17, 15) is 15.0 Å². The van der Waals surface area contributed by atoms with Gasteiger partial charge in [0, 0.05) is 24.2 Å². The van der Waals surface area contributed by atoms with Crippen LogP contribution in [-0.2, 0) is 19.4 Å². The fraction of sp³-hybridized carbons (Fsp3) is 0.550. The van der Waals surface area contributed by atoms with Crippen LogP contribution in [0.15, 0.2) is 18.2 Å². The standard InChI is InChI=1S/C20H27NO3/c1-20(2,3)13-8-9-17-16(12-13)14-6-4-7-15(19(23)24)18(14)21(17)10-5-11-22/h4,6-7,13,22H,5,8-12H2,1-3H3,(H,23,24). The molecule has 4 nitrogen and oxygen atoms in total. The van der Waals surface area contributed by atoms with Crippen LogP contribution in [0.5, 0.6) is 0 Å². The van der Waals surface area contributed by atoms with Crippen molar-refractivity contribution in [2.24, 2.45) is 11.3 Å². The monoisotopic (exact) mass is 329 g/mol. The molecule has 130 valence electrons.